The van der Waals surface area contributed by atoms with Gasteiger partial charge >= 0.3 is 6.18 Å². The summed E-state index contributed by atoms with van der Waals surface area (Å²) in [6.45, 7) is 1.53. The highest BCUT2D eigenvalue weighted by Gasteiger charge is 2.31. The SMILES string of the molecule is CSc1nc2c(c(=O)[nH]1)CN(Cc1ccc(-c3cc(C(F)(F)F)ccc3Cl)o1)CC2. The van der Waals surface area contributed by atoms with Gasteiger partial charge in [0.15, 0.2) is 5.16 Å². The van der Waals surface area contributed by atoms with E-state index in [9.17, 15) is 18.0 Å². The maximum atomic E-state index is 13.0. The summed E-state index contributed by atoms with van der Waals surface area (Å²) in [5.74, 6) is 0.842. The minimum absolute atomic E-state index is 0.148. The maximum absolute atomic E-state index is 13.0. The molecule has 1 aliphatic heterocycles. The van der Waals surface area contributed by atoms with E-state index in [0.717, 1.165) is 17.8 Å². The lowest BCUT2D eigenvalue weighted by molar-refractivity contribution is -0.137. The first-order chi connectivity index (χ1) is 14.2. The van der Waals surface area contributed by atoms with Crippen LogP contribution < -0.4 is 5.56 Å². The summed E-state index contributed by atoms with van der Waals surface area (Å²) in [5.41, 5.74) is 0.683. The van der Waals surface area contributed by atoms with Gasteiger partial charge in [-0.1, -0.05) is 23.4 Å². The molecule has 158 valence electrons. The fourth-order valence-electron chi connectivity index (χ4n) is 3.41. The number of rotatable bonds is 4. The van der Waals surface area contributed by atoms with Crippen molar-refractivity contribution in [3.05, 3.63) is 68.3 Å². The summed E-state index contributed by atoms with van der Waals surface area (Å²) in [6.07, 6.45) is -1.97. The van der Waals surface area contributed by atoms with E-state index in [1.807, 2.05) is 11.2 Å². The Morgan fingerprint density at radius 1 is 1.30 bits per heavy atom. The van der Waals surface area contributed by atoms with Crippen LogP contribution in [0.15, 0.2) is 44.7 Å². The monoisotopic (exact) mass is 455 g/mol. The van der Waals surface area contributed by atoms with Crippen LogP contribution in [-0.4, -0.2) is 27.7 Å². The first kappa shape index (κ1) is 21.0. The highest BCUT2D eigenvalue weighted by molar-refractivity contribution is 7.98. The second-order valence-electron chi connectivity index (χ2n) is 6.92. The third-order valence-electron chi connectivity index (χ3n) is 4.92. The quantitative estimate of drug-likeness (QED) is 0.444. The van der Waals surface area contributed by atoms with Gasteiger partial charge < -0.3 is 9.40 Å². The second-order valence-corrected chi connectivity index (χ2v) is 8.12. The molecule has 0 saturated heterocycles. The number of hydrogen-bond donors (Lipinski definition) is 1. The highest BCUT2D eigenvalue weighted by Crippen LogP contribution is 2.36. The summed E-state index contributed by atoms with van der Waals surface area (Å²) in [4.78, 5) is 21.6. The van der Waals surface area contributed by atoms with E-state index >= 15 is 0 Å². The second kappa shape index (κ2) is 8.13. The molecule has 30 heavy (non-hydrogen) atoms. The van der Waals surface area contributed by atoms with Crippen molar-refractivity contribution in [2.75, 3.05) is 12.8 Å². The van der Waals surface area contributed by atoms with Gasteiger partial charge in [0.25, 0.3) is 5.56 Å². The van der Waals surface area contributed by atoms with Crippen molar-refractivity contribution in [3.63, 3.8) is 0 Å². The predicted molar refractivity (Wildman–Crippen MR) is 109 cm³/mol. The normalized spacial score (nSPS) is 14.7. The molecule has 5 nitrogen and oxygen atoms in total. The topological polar surface area (TPSA) is 62.1 Å². The largest absolute Gasteiger partial charge is 0.460 e. The van der Waals surface area contributed by atoms with E-state index < -0.39 is 11.7 Å². The molecule has 0 aliphatic carbocycles. The van der Waals surface area contributed by atoms with Crippen LogP contribution in [0.25, 0.3) is 11.3 Å². The molecule has 3 heterocycles. The number of alkyl halides is 3. The number of furan rings is 1. The lowest BCUT2D eigenvalue weighted by atomic mass is 10.1. The summed E-state index contributed by atoms with van der Waals surface area (Å²) in [6, 6.07) is 6.45. The molecule has 0 amide bonds. The molecule has 4 rings (SSSR count). The van der Waals surface area contributed by atoms with Gasteiger partial charge in [0.05, 0.1) is 28.4 Å². The zero-order valence-corrected chi connectivity index (χ0v) is 17.4. The average Bonchev–Trinajstić information content (AvgIpc) is 3.16. The molecule has 0 spiro atoms. The number of nitrogens with zero attached hydrogens (tertiary/aromatic N) is 2. The van der Waals surface area contributed by atoms with Gasteiger partial charge in [-0.25, -0.2) is 4.98 Å². The van der Waals surface area contributed by atoms with Gasteiger partial charge in [0.1, 0.15) is 11.5 Å². The third-order valence-corrected chi connectivity index (χ3v) is 5.83. The van der Waals surface area contributed by atoms with E-state index in [-0.39, 0.29) is 21.9 Å². The van der Waals surface area contributed by atoms with Gasteiger partial charge in [-0.2, -0.15) is 13.2 Å². The number of fused-ring (bicyclic) bond motifs is 1. The van der Waals surface area contributed by atoms with Crippen molar-refractivity contribution >= 4 is 23.4 Å². The number of benzene rings is 1. The van der Waals surface area contributed by atoms with Gasteiger partial charge in [-0.05, 0) is 36.6 Å². The molecule has 10 heteroatoms. The van der Waals surface area contributed by atoms with Gasteiger partial charge in [-0.3, -0.25) is 9.69 Å². The fourth-order valence-corrected chi connectivity index (χ4v) is 4.02. The van der Waals surface area contributed by atoms with E-state index in [4.69, 9.17) is 16.0 Å². The minimum Gasteiger partial charge on any atom is -0.460 e. The fraction of sp³-hybridized carbons (Fsp3) is 0.300. The van der Waals surface area contributed by atoms with Crippen molar-refractivity contribution in [1.29, 1.82) is 0 Å². The Labute approximate surface area is 179 Å². The minimum atomic E-state index is -4.47. The average molecular weight is 456 g/mol. The smallest absolute Gasteiger partial charge is 0.416 e. The first-order valence-electron chi connectivity index (χ1n) is 9.09. The summed E-state index contributed by atoms with van der Waals surface area (Å²) in [5, 5.41) is 0.777. The summed E-state index contributed by atoms with van der Waals surface area (Å²) in [7, 11) is 0. The molecule has 1 N–H and O–H groups in total. The van der Waals surface area contributed by atoms with E-state index in [2.05, 4.69) is 9.97 Å². The molecular formula is C20H17ClF3N3O2S. The Morgan fingerprint density at radius 2 is 2.10 bits per heavy atom. The molecule has 0 unspecified atom stereocenters. The molecule has 0 saturated carbocycles. The van der Waals surface area contributed by atoms with Gasteiger partial charge in [0, 0.05) is 25.1 Å². The molecule has 0 atom stereocenters. The van der Waals surface area contributed by atoms with Gasteiger partial charge in [-0.15, -0.1) is 0 Å². The Morgan fingerprint density at radius 3 is 2.83 bits per heavy atom. The van der Waals surface area contributed by atoms with Crippen LogP contribution >= 0.6 is 23.4 Å². The van der Waals surface area contributed by atoms with Crippen molar-refractivity contribution < 1.29 is 17.6 Å². The molecule has 3 aromatic rings. The molecule has 0 radical (unpaired) electrons. The molecule has 1 aliphatic rings. The number of hydrogen-bond acceptors (Lipinski definition) is 5. The molecule has 0 bridgehead atoms. The van der Waals surface area contributed by atoms with Crippen molar-refractivity contribution in [2.24, 2.45) is 0 Å². The van der Waals surface area contributed by atoms with Crippen molar-refractivity contribution in [3.8, 4) is 11.3 Å². The Balaban J connectivity index is 1.53. The lowest BCUT2D eigenvalue weighted by Gasteiger charge is -2.26. The highest BCUT2D eigenvalue weighted by atomic mass is 35.5. The third kappa shape index (κ3) is 4.28. The zero-order chi connectivity index (χ0) is 21.5. The maximum Gasteiger partial charge on any atom is 0.416 e. The van der Waals surface area contributed by atoms with E-state index in [0.29, 0.717) is 42.5 Å². The van der Waals surface area contributed by atoms with Crippen LogP contribution in [0.2, 0.25) is 5.02 Å². The van der Waals surface area contributed by atoms with Crippen LogP contribution in [0.5, 0.6) is 0 Å². The van der Waals surface area contributed by atoms with Crippen LogP contribution in [-0.2, 0) is 25.7 Å². The Hall–Kier alpha value is -2.23. The van der Waals surface area contributed by atoms with Crippen molar-refractivity contribution in [1.82, 2.24) is 14.9 Å². The van der Waals surface area contributed by atoms with Crippen molar-refractivity contribution in [2.45, 2.75) is 30.8 Å². The Kier molecular flexibility index (Phi) is 5.69. The molecular weight excluding hydrogens is 439 g/mol. The summed E-state index contributed by atoms with van der Waals surface area (Å²) < 4.78 is 44.8. The summed E-state index contributed by atoms with van der Waals surface area (Å²) >= 11 is 7.48. The number of thioether (sulfide) groups is 1. The predicted octanol–water partition coefficient (Wildman–Crippen LogP) is 4.98. The Bertz CT molecular complexity index is 1140. The van der Waals surface area contributed by atoms with Crippen LogP contribution in [0.3, 0.4) is 0 Å². The molecule has 2 aromatic heterocycles. The zero-order valence-electron chi connectivity index (χ0n) is 15.8. The number of aromatic nitrogens is 2. The van der Waals surface area contributed by atoms with Gasteiger partial charge in [0.2, 0.25) is 0 Å². The number of H-pyrrole nitrogens is 1. The first-order valence-corrected chi connectivity index (χ1v) is 10.7. The standard InChI is InChI=1S/C20H17ClF3N3O2S/c1-30-19-25-16-6-7-27(10-14(16)18(28)26-19)9-12-3-5-17(29-12)13-8-11(20(22,23)24)2-4-15(13)21/h2-5,8H,6-7,9-10H2,1H3,(H,25,26,28). The van der Waals surface area contributed by atoms with Crippen LogP contribution in [0.1, 0.15) is 22.6 Å². The molecule has 1 aromatic carbocycles. The number of aromatic amines is 1. The lowest BCUT2D eigenvalue weighted by Crippen LogP contribution is -2.35. The van der Waals surface area contributed by atoms with E-state index in [1.54, 1.807) is 12.1 Å². The van der Waals surface area contributed by atoms with E-state index in [1.165, 1.54) is 17.8 Å². The number of halogens is 4. The number of nitrogens with one attached hydrogen (secondary N) is 1. The van der Waals surface area contributed by atoms with Crippen LogP contribution in [0, 0.1) is 0 Å². The van der Waals surface area contributed by atoms with Crippen LogP contribution in [0.4, 0.5) is 13.2 Å². The molecule has 0 fully saturated rings.